The average Bonchev–Trinajstić information content (AvgIpc) is 3.33. The fourth-order valence-corrected chi connectivity index (χ4v) is 4.11. The average molecular weight is 472 g/mol. The Morgan fingerprint density at radius 1 is 1.00 bits per heavy atom. The van der Waals surface area contributed by atoms with E-state index >= 15 is 0 Å². The summed E-state index contributed by atoms with van der Waals surface area (Å²) in [4.78, 5) is 13.1. The van der Waals surface area contributed by atoms with Crippen molar-refractivity contribution < 1.29 is 28.9 Å². The Kier molecular flexibility index (Phi) is 6.52. The van der Waals surface area contributed by atoms with Gasteiger partial charge in [0.15, 0.2) is 5.76 Å². The van der Waals surface area contributed by atoms with Crippen molar-refractivity contribution in [2.24, 2.45) is 0 Å². The number of furan rings is 1. The van der Waals surface area contributed by atoms with E-state index in [1.54, 1.807) is 30.5 Å². The summed E-state index contributed by atoms with van der Waals surface area (Å²) in [5, 5.41) is 23.0. The lowest BCUT2D eigenvalue weighted by Gasteiger charge is -2.29. The van der Waals surface area contributed by atoms with Gasteiger partial charge < -0.3 is 29.4 Å². The number of carbonyl (C=O) groups excluding carboxylic acids is 1. The molecule has 35 heavy (non-hydrogen) atoms. The second-order valence-corrected chi connectivity index (χ2v) is 8.36. The molecule has 178 valence electrons. The minimum Gasteiger partial charge on any atom is -0.506 e. The number of amides is 1. The van der Waals surface area contributed by atoms with E-state index in [1.165, 1.54) is 6.07 Å². The summed E-state index contributed by atoms with van der Waals surface area (Å²) >= 11 is 0. The van der Waals surface area contributed by atoms with E-state index in [1.807, 2.05) is 48.5 Å². The largest absolute Gasteiger partial charge is 0.506 e. The van der Waals surface area contributed by atoms with Crippen LogP contribution in [0.15, 0.2) is 95.3 Å². The van der Waals surface area contributed by atoms with Gasteiger partial charge in [0.25, 0.3) is 5.91 Å². The van der Waals surface area contributed by atoms with E-state index in [9.17, 15) is 15.0 Å². The third-order valence-electron chi connectivity index (χ3n) is 5.99. The second kappa shape index (κ2) is 10.0. The van der Waals surface area contributed by atoms with Crippen molar-refractivity contribution in [3.63, 3.8) is 0 Å². The Bertz CT molecular complexity index is 1360. The molecule has 4 aromatic rings. The molecule has 0 unspecified atom stereocenters. The van der Waals surface area contributed by atoms with Crippen LogP contribution in [0.25, 0.3) is 11.0 Å². The van der Waals surface area contributed by atoms with Gasteiger partial charge in [-0.1, -0.05) is 54.6 Å². The molecule has 0 fully saturated rings. The minimum atomic E-state index is -0.679. The van der Waals surface area contributed by atoms with Gasteiger partial charge in [-0.05, 0) is 35.4 Å². The fraction of sp³-hybridized carbons (Fsp3) is 0.179. The number of carbonyl (C=O) groups is 1. The lowest BCUT2D eigenvalue weighted by atomic mass is 9.92. The predicted molar refractivity (Wildman–Crippen MR) is 130 cm³/mol. The number of rotatable bonds is 7. The van der Waals surface area contributed by atoms with Gasteiger partial charge in [0.2, 0.25) is 6.29 Å². The van der Waals surface area contributed by atoms with Crippen molar-refractivity contribution in [1.82, 2.24) is 0 Å². The first-order valence-corrected chi connectivity index (χ1v) is 11.3. The molecular formula is C28H25NO6. The number of aromatic hydroxyl groups is 1. The lowest BCUT2D eigenvalue weighted by Crippen LogP contribution is -2.29. The number of fused-ring (bicyclic) bond motifs is 1. The number of allylic oxidation sites excluding steroid dienone is 1. The number of nitrogens with one attached hydrogen (secondary N) is 1. The van der Waals surface area contributed by atoms with Gasteiger partial charge in [0.05, 0.1) is 25.2 Å². The van der Waals surface area contributed by atoms with Gasteiger partial charge in [-0.15, -0.1) is 0 Å². The molecule has 0 radical (unpaired) electrons. The third-order valence-corrected chi connectivity index (χ3v) is 5.99. The van der Waals surface area contributed by atoms with Crippen LogP contribution in [-0.2, 0) is 27.5 Å². The van der Waals surface area contributed by atoms with Gasteiger partial charge in [0.1, 0.15) is 11.3 Å². The Hall–Kier alpha value is -4.07. The highest BCUT2D eigenvalue weighted by Gasteiger charge is 2.30. The molecule has 0 bridgehead atoms. The summed E-state index contributed by atoms with van der Waals surface area (Å²) < 4.78 is 17.7. The molecule has 2 atom stereocenters. The number of benzene rings is 3. The van der Waals surface area contributed by atoms with Gasteiger partial charge in [-0.2, -0.15) is 0 Å². The van der Waals surface area contributed by atoms with Gasteiger partial charge in [-0.25, -0.2) is 0 Å². The number of anilines is 1. The maximum atomic E-state index is 13.1. The highest BCUT2D eigenvalue weighted by atomic mass is 16.7. The number of aliphatic hydroxyl groups excluding tert-OH is 1. The van der Waals surface area contributed by atoms with Crippen LogP contribution in [0.2, 0.25) is 0 Å². The van der Waals surface area contributed by atoms with Crippen LogP contribution in [0.5, 0.6) is 5.75 Å². The number of phenols is 1. The topological polar surface area (TPSA) is 101 Å². The number of ether oxygens (including phenoxy) is 2. The SMILES string of the molecule is O=C(Nc1ccccc1O)C1=C[C@@H](c2coc3ccccc23)C[C@@H](OCc2ccc(CO)cc2)O1. The van der Waals surface area contributed by atoms with Crippen LogP contribution in [0.4, 0.5) is 5.69 Å². The van der Waals surface area contributed by atoms with E-state index in [2.05, 4.69) is 5.32 Å². The fourth-order valence-electron chi connectivity index (χ4n) is 4.11. The molecule has 0 aliphatic carbocycles. The lowest BCUT2D eigenvalue weighted by molar-refractivity contribution is -0.147. The summed E-state index contributed by atoms with van der Waals surface area (Å²) in [7, 11) is 0. The summed E-state index contributed by atoms with van der Waals surface area (Å²) in [6.45, 7) is 0.261. The molecule has 3 N–H and O–H groups in total. The summed E-state index contributed by atoms with van der Waals surface area (Å²) in [6.07, 6.45) is 3.29. The molecule has 0 saturated heterocycles. The van der Waals surface area contributed by atoms with Crippen molar-refractivity contribution in [2.45, 2.75) is 31.8 Å². The number of hydrogen-bond donors (Lipinski definition) is 3. The first-order valence-electron chi connectivity index (χ1n) is 11.3. The Morgan fingerprint density at radius 2 is 1.74 bits per heavy atom. The van der Waals surface area contributed by atoms with Crippen LogP contribution in [0, 0.1) is 0 Å². The highest BCUT2D eigenvalue weighted by molar-refractivity contribution is 6.03. The monoisotopic (exact) mass is 471 g/mol. The molecule has 2 heterocycles. The molecule has 0 spiro atoms. The van der Waals surface area contributed by atoms with Crippen LogP contribution in [0.3, 0.4) is 0 Å². The van der Waals surface area contributed by atoms with E-state index in [-0.39, 0.29) is 30.6 Å². The van der Waals surface area contributed by atoms with Crippen molar-refractivity contribution in [3.05, 3.63) is 108 Å². The van der Waals surface area contributed by atoms with Gasteiger partial charge >= 0.3 is 0 Å². The number of phenolic OH excluding ortho intramolecular Hbond substituents is 1. The third kappa shape index (κ3) is 5.06. The van der Waals surface area contributed by atoms with E-state index < -0.39 is 12.2 Å². The van der Waals surface area contributed by atoms with Gasteiger partial charge in [0, 0.05) is 23.3 Å². The maximum Gasteiger partial charge on any atom is 0.290 e. The number of aliphatic hydroxyl groups is 1. The first kappa shape index (κ1) is 22.7. The number of hydrogen-bond acceptors (Lipinski definition) is 6. The molecule has 3 aromatic carbocycles. The molecule has 5 rings (SSSR count). The van der Waals surface area contributed by atoms with Crippen molar-refractivity contribution in [1.29, 1.82) is 0 Å². The Morgan fingerprint density at radius 3 is 2.54 bits per heavy atom. The summed E-state index contributed by atoms with van der Waals surface area (Å²) in [6, 6.07) is 21.7. The molecule has 7 nitrogen and oxygen atoms in total. The van der Waals surface area contributed by atoms with E-state index in [0.29, 0.717) is 12.1 Å². The van der Waals surface area contributed by atoms with E-state index in [0.717, 1.165) is 27.7 Å². The highest BCUT2D eigenvalue weighted by Crippen LogP contribution is 2.37. The summed E-state index contributed by atoms with van der Waals surface area (Å²) in [5.74, 6) is -0.589. The van der Waals surface area contributed by atoms with Gasteiger partial charge in [-0.3, -0.25) is 4.79 Å². The predicted octanol–water partition coefficient (Wildman–Crippen LogP) is 5.20. The second-order valence-electron chi connectivity index (χ2n) is 8.36. The maximum absolute atomic E-state index is 13.1. The summed E-state index contributed by atoms with van der Waals surface area (Å²) in [5.41, 5.74) is 3.74. The van der Waals surface area contributed by atoms with Crippen molar-refractivity contribution >= 4 is 22.6 Å². The quantitative estimate of drug-likeness (QED) is 0.320. The Labute approximate surface area is 202 Å². The standard InChI is InChI=1S/C28H25NO6/c30-15-18-9-11-19(12-10-18)16-34-27-14-20(22-17-33-25-8-4-1-5-21(22)25)13-26(35-27)28(32)29-23-6-2-3-7-24(23)31/h1-13,17,20,27,30-31H,14-16H2,(H,29,32)/t20-,27+/m1/s1. The van der Waals surface area contributed by atoms with E-state index in [4.69, 9.17) is 13.9 Å². The van der Waals surface area contributed by atoms with Crippen LogP contribution < -0.4 is 5.32 Å². The zero-order valence-electron chi connectivity index (χ0n) is 18.9. The van der Waals surface area contributed by atoms with Crippen LogP contribution >= 0.6 is 0 Å². The normalized spacial score (nSPS) is 17.6. The zero-order valence-corrected chi connectivity index (χ0v) is 18.9. The van der Waals surface area contributed by atoms with Crippen molar-refractivity contribution in [2.75, 3.05) is 5.32 Å². The molecule has 1 aliphatic heterocycles. The molecular weight excluding hydrogens is 446 g/mol. The molecule has 7 heteroatoms. The smallest absolute Gasteiger partial charge is 0.290 e. The molecule has 1 aromatic heterocycles. The van der Waals surface area contributed by atoms with Crippen LogP contribution in [0.1, 0.15) is 29.0 Å². The van der Waals surface area contributed by atoms with Crippen LogP contribution in [-0.4, -0.2) is 22.4 Å². The minimum absolute atomic E-state index is 0.0204. The first-order chi connectivity index (χ1) is 17.1. The number of para-hydroxylation sites is 3. The zero-order chi connectivity index (χ0) is 24.2. The molecule has 1 aliphatic rings. The molecule has 1 amide bonds. The van der Waals surface area contributed by atoms with Crippen molar-refractivity contribution in [3.8, 4) is 5.75 Å². The Balaban J connectivity index is 1.39. The molecule has 0 saturated carbocycles.